The van der Waals surface area contributed by atoms with Gasteiger partial charge in [0, 0.05) is 39.3 Å². The predicted octanol–water partition coefficient (Wildman–Crippen LogP) is 3.31. The number of sulfonamides is 1. The van der Waals surface area contributed by atoms with Crippen LogP contribution in [0.1, 0.15) is 5.56 Å². The van der Waals surface area contributed by atoms with Crippen LogP contribution in [0, 0.1) is 0 Å². The number of rotatable bonds is 7. The van der Waals surface area contributed by atoms with E-state index in [4.69, 9.17) is 4.74 Å². The molecular formula is C29H34N4O4S. The maximum Gasteiger partial charge on any atom is 0.243 e. The fourth-order valence-electron chi connectivity index (χ4n) is 4.86. The second-order valence-corrected chi connectivity index (χ2v) is 11.7. The summed E-state index contributed by atoms with van der Waals surface area (Å²) in [6.45, 7) is 4.80. The Morgan fingerprint density at radius 1 is 0.842 bits per heavy atom. The first kappa shape index (κ1) is 26.4. The van der Waals surface area contributed by atoms with Crippen LogP contribution >= 0.6 is 0 Å². The average molecular weight is 535 g/mol. The van der Waals surface area contributed by atoms with Crippen molar-refractivity contribution in [2.75, 3.05) is 69.7 Å². The second kappa shape index (κ2) is 11.7. The number of carbonyl (C=O) groups excluding carboxylic acids is 1. The topological polar surface area (TPSA) is 82.2 Å². The molecule has 0 spiro atoms. The first-order valence-corrected chi connectivity index (χ1v) is 14.4. The van der Waals surface area contributed by atoms with Crippen LogP contribution < -0.4 is 10.2 Å². The summed E-state index contributed by atoms with van der Waals surface area (Å²) >= 11 is 0. The van der Waals surface area contributed by atoms with Gasteiger partial charge in [-0.2, -0.15) is 4.31 Å². The largest absolute Gasteiger partial charge is 0.379 e. The third kappa shape index (κ3) is 6.07. The molecule has 38 heavy (non-hydrogen) atoms. The molecule has 0 aliphatic carbocycles. The van der Waals surface area contributed by atoms with E-state index < -0.39 is 10.0 Å². The molecular weight excluding hydrogens is 500 g/mol. The Labute approximate surface area is 224 Å². The van der Waals surface area contributed by atoms with E-state index in [2.05, 4.69) is 34.3 Å². The monoisotopic (exact) mass is 534 g/mol. The summed E-state index contributed by atoms with van der Waals surface area (Å²) in [6.07, 6.45) is 0.192. The molecule has 5 rings (SSSR count). The van der Waals surface area contributed by atoms with Crippen LogP contribution in [0.3, 0.4) is 0 Å². The van der Waals surface area contributed by atoms with Crippen molar-refractivity contribution in [3.05, 3.63) is 78.4 Å². The lowest BCUT2D eigenvalue weighted by atomic mass is 10.0. The van der Waals surface area contributed by atoms with Crippen molar-refractivity contribution in [2.45, 2.75) is 11.3 Å². The normalized spacial score (nSPS) is 17.3. The molecule has 0 saturated carbocycles. The molecule has 0 atom stereocenters. The van der Waals surface area contributed by atoms with Crippen molar-refractivity contribution >= 4 is 27.3 Å². The second-order valence-electron chi connectivity index (χ2n) is 9.77. The van der Waals surface area contributed by atoms with Crippen molar-refractivity contribution in [3.8, 4) is 11.1 Å². The maximum atomic E-state index is 13.3. The molecule has 0 bridgehead atoms. The molecule has 200 valence electrons. The maximum absolute atomic E-state index is 13.3. The highest BCUT2D eigenvalue weighted by Gasteiger charge is 2.28. The molecule has 3 aromatic carbocycles. The number of hydrogen-bond donors (Lipinski definition) is 1. The van der Waals surface area contributed by atoms with E-state index in [1.165, 1.54) is 4.31 Å². The van der Waals surface area contributed by atoms with Crippen LogP contribution in [0.5, 0.6) is 0 Å². The number of ether oxygens (including phenoxy) is 1. The summed E-state index contributed by atoms with van der Waals surface area (Å²) in [4.78, 5) is 17.8. The molecule has 1 amide bonds. The lowest BCUT2D eigenvalue weighted by Gasteiger charge is -2.35. The summed E-state index contributed by atoms with van der Waals surface area (Å²) in [5.74, 6) is -0.186. The zero-order valence-electron chi connectivity index (χ0n) is 21.7. The van der Waals surface area contributed by atoms with Gasteiger partial charge in [0.2, 0.25) is 15.9 Å². The van der Waals surface area contributed by atoms with Gasteiger partial charge in [-0.05, 0) is 41.9 Å². The summed E-state index contributed by atoms with van der Waals surface area (Å²) in [5, 5.41) is 3.03. The molecule has 0 unspecified atom stereocenters. The summed E-state index contributed by atoms with van der Waals surface area (Å²) in [5.41, 5.74) is 4.47. The van der Waals surface area contributed by atoms with E-state index in [1.807, 2.05) is 48.5 Å². The Balaban J connectivity index is 1.37. The van der Waals surface area contributed by atoms with Crippen molar-refractivity contribution in [1.29, 1.82) is 0 Å². The Morgan fingerprint density at radius 2 is 1.50 bits per heavy atom. The van der Waals surface area contributed by atoms with Gasteiger partial charge in [0.15, 0.2) is 0 Å². The average Bonchev–Trinajstić information content (AvgIpc) is 2.95. The van der Waals surface area contributed by atoms with E-state index in [0.29, 0.717) is 32.0 Å². The first-order valence-electron chi connectivity index (χ1n) is 13.0. The summed E-state index contributed by atoms with van der Waals surface area (Å²) in [7, 11) is -1.61. The van der Waals surface area contributed by atoms with Gasteiger partial charge in [0.1, 0.15) is 0 Å². The Bertz CT molecular complexity index is 1350. The number of likely N-dealkylation sites (N-methyl/N-ethyl adjacent to an activating group) is 1. The van der Waals surface area contributed by atoms with Gasteiger partial charge < -0.3 is 19.9 Å². The zero-order valence-corrected chi connectivity index (χ0v) is 22.5. The van der Waals surface area contributed by atoms with E-state index >= 15 is 0 Å². The lowest BCUT2D eigenvalue weighted by molar-refractivity contribution is -0.115. The minimum Gasteiger partial charge on any atom is -0.379 e. The van der Waals surface area contributed by atoms with Crippen molar-refractivity contribution in [1.82, 2.24) is 9.21 Å². The first-order chi connectivity index (χ1) is 18.4. The third-order valence-corrected chi connectivity index (χ3v) is 9.01. The molecule has 2 aliphatic heterocycles. The number of benzene rings is 3. The van der Waals surface area contributed by atoms with Crippen LogP contribution in [0.25, 0.3) is 11.1 Å². The molecule has 0 aromatic heterocycles. The Morgan fingerprint density at radius 3 is 2.18 bits per heavy atom. The Hall–Kier alpha value is -3.24. The number of piperazine rings is 1. The van der Waals surface area contributed by atoms with Crippen LogP contribution in [0.2, 0.25) is 0 Å². The number of anilines is 2. The highest BCUT2D eigenvalue weighted by Crippen LogP contribution is 2.31. The van der Waals surface area contributed by atoms with Crippen LogP contribution in [0.15, 0.2) is 77.7 Å². The standard InChI is InChI=1S/C29H34N4O4S/c1-31-13-15-32(16-14-31)28-12-11-26(38(35,36)33-17-19-37-20-18-33)22-27(28)30-29(34)21-23-7-9-25(10-8-23)24-5-3-2-4-6-24/h2-12,22H,13-21H2,1H3,(H,30,34). The van der Waals surface area contributed by atoms with Crippen molar-refractivity contribution in [2.24, 2.45) is 0 Å². The summed E-state index contributed by atoms with van der Waals surface area (Å²) < 4.78 is 33.4. The van der Waals surface area contributed by atoms with Gasteiger partial charge in [-0.25, -0.2) is 8.42 Å². The van der Waals surface area contributed by atoms with Crippen molar-refractivity contribution < 1.29 is 17.9 Å². The Kier molecular flexibility index (Phi) is 8.09. The van der Waals surface area contributed by atoms with Gasteiger partial charge in [0.05, 0.1) is 35.9 Å². The molecule has 2 aliphatic rings. The number of amides is 1. The number of hydrogen-bond acceptors (Lipinski definition) is 6. The molecule has 2 fully saturated rings. The van der Waals surface area contributed by atoms with E-state index in [9.17, 15) is 13.2 Å². The molecule has 2 heterocycles. The van der Waals surface area contributed by atoms with E-state index in [1.54, 1.807) is 12.1 Å². The minimum absolute atomic E-state index is 0.180. The molecule has 9 heteroatoms. The van der Waals surface area contributed by atoms with Gasteiger partial charge in [-0.3, -0.25) is 4.79 Å². The predicted molar refractivity (Wildman–Crippen MR) is 150 cm³/mol. The highest BCUT2D eigenvalue weighted by atomic mass is 32.2. The molecule has 2 saturated heterocycles. The van der Waals surface area contributed by atoms with Crippen LogP contribution in [0.4, 0.5) is 11.4 Å². The zero-order chi connectivity index (χ0) is 26.5. The molecule has 1 N–H and O–H groups in total. The van der Waals surface area contributed by atoms with Gasteiger partial charge in [0.25, 0.3) is 0 Å². The summed E-state index contributed by atoms with van der Waals surface area (Å²) in [6, 6.07) is 23.1. The fraction of sp³-hybridized carbons (Fsp3) is 0.345. The van der Waals surface area contributed by atoms with E-state index in [0.717, 1.165) is 48.6 Å². The smallest absolute Gasteiger partial charge is 0.243 e. The molecule has 0 radical (unpaired) electrons. The SMILES string of the molecule is CN1CCN(c2ccc(S(=O)(=O)N3CCOCC3)cc2NC(=O)Cc2ccc(-c3ccccc3)cc2)CC1. The van der Waals surface area contributed by atoms with Gasteiger partial charge >= 0.3 is 0 Å². The number of carbonyl (C=O) groups is 1. The molecule has 8 nitrogen and oxygen atoms in total. The lowest BCUT2D eigenvalue weighted by Crippen LogP contribution is -2.44. The highest BCUT2D eigenvalue weighted by molar-refractivity contribution is 7.89. The van der Waals surface area contributed by atoms with Crippen LogP contribution in [-0.2, 0) is 26.0 Å². The van der Waals surface area contributed by atoms with Crippen LogP contribution in [-0.4, -0.2) is 83.1 Å². The quantitative estimate of drug-likeness (QED) is 0.501. The third-order valence-electron chi connectivity index (χ3n) is 7.12. The molecule has 3 aromatic rings. The number of morpholine rings is 1. The van der Waals surface area contributed by atoms with E-state index in [-0.39, 0.29) is 17.2 Å². The minimum atomic E-state index is -3.69. The van der Waals surface area contributed by atoms with Crippen molar-refractivity contribution in [3.63, 3.8) is 0 Å². The fourth-order valence-corrected chi connectivity index (χ4v) is 6.30. The number of nitrogens with zero attached hydrogens (tertiary/aromatic N) is 3. The van der Waals surface area contributed by atoms with Gasteiger partial charge in [-0.15, -0.1) is 0 Å². The number of nitrogens with one attached hydrogen (secondary N) is 1. The van der Waals surface area contributed by atoms with Gasteiger partial charge in [-0.1, -0.05) is 54.6 Å².